The maximum Gasteiger partial charge on any atom is 0.324 e. The summed E-state index contributed by atoms with van der Waals surface area (Å²) in [4.78, 5) is 27.5. The first-order chi connectivity index (χ1) is 14.1. The normalized spacial score (nSPS) is 14.6. The molecule has 7 nitrogen and oxygen atoms in total. The van der Waals surface area contributed by atoms with Crippen LogP contribution < -0.4 is 10.6 Å². The van der Waals surface area contributed by atoms with Crippen molar-refractivity contribution >= 4 is 46.4 Å². The Kier molecular flexibility index (Phi) is 5.82. The highest BCUT2D eigenvalue weighted by Gasteiger charge is 2.26. The van der Waals surface area contributed by atoms with Crippen LogP contribution in [0.5, 0.6) is 0 Å². The molecule has 1 aliphatic heterocycles. The minimum Gasteiger partial charge on any atom is -0.338 e. The number of benzene rings is 1. The molecule has 0 saturated carbocycles. The molecule has 1 aromatic carbocycles. The molecule has 1 saturated heterocycles. The molecule has 0 bridgehead atoms. The van der Waals surface area contributed by atoms with Crippen molar-refractivity contribution in [3.05, 3.63) is 63.9 Å². The lowest BCUT2D eigenvalue weighted by molar-refractivity contribution is 0.0696. The van der Waals surface area contributed by atoms with E-state index < -0.39 is 0 Å². The number of rotatable bonds is 4. The van der Waals surface area contributed by atoms with E-state index in [1.165, 1.54) is 11.3 Å². The van der Waals surface area contributed by atoms with Crippen molar-refractivity contribution in [1.82, 2.24) is 14.7 Å². The number of nitrogens with one attached hydrogen (secondary N) is 2. The number of urea groups is 1. The molecule has 2 aromatic heterocycles. The molecular formula is C20H20ClN5O2S. The van der Waals surface area contributed by atoms with E-state index in [0.717, 1.165) is 17.7 Å². The van der Waals surface area contributed by atoms with Gasteiger partial charge in [0.25, 0.3) is 5.91 Å². The van der Waals surface area contributed by atoms with Gasteiger partial charge in [0.1, 0.15) is 5.82 Å². The van der Waals surface area contributed by atoms with Gasteiger partial charge in [0, 0.05) is 19.2 Å². The number of thiophene rings is 1. The second-order valence-electron chi connectivity index (χ2n) is 6.72. The van der Waals surface area contributed by atoms with Crippen LogP contribution in [0.4, 0.5) is 16.3 Å². The zero-order valence-electron chi connectivity index (χ0n) is 15.5. The summed E-state index contributed by atoms with van der Waals surface area (Å²) in [7, 11) is 0. The van der Waals surface area contributed by atoms with Crippen LogP contribution in [0.25, 0.3) is 0 Å². The first-order valence-corrected chi connectivity index (χ1v) is 10.6. The third-order valence-electron chi connectivity index (χ3n) is 4.86. The Morgan fingerprint density at radius 2 is 1.86 bits per heavy atom. The van der Waals surface area contributed by atoms with Gasteiger partial charge in [0.15, 0.2) is 0 Å². The lowest BCUT2D eigenvalue weighted by Crippen LogP contribution is -2.39. The van der Waals surface area contributed by atoms with E-state index in [4.69, 9.17) is 11.6 Å². The molecule has 3 aromatic rings. The van der Waals surface area contributed by atoms with Crippen LogP contribution in [0.15, 0.2) is 54.0 Å². The lowest BCUT2D eigenvalue weighted by atomic mass is 10.1. The average molecular weight is 430 g/mol. The number of para-hydroxylation sites is 1. The SMILES string of the molecule is O=C(Nc1ccccc1Cl)Nc1ccnn1C1CCN(C(=O)c2cccs2)CC1. The minimum absolute atomic E-state index is 0.0800. The van der Waals surface area contributed by atoms with Crippen LogP contribution >= 0.6 is 22.9 Å². The number of carbonyl (C=O) groups is 2. The number of hydrogen-bond donors (Lipinski definition) is 2. The Balaban J connectivity index is 1.36. The summed E-state index contributed by atoms with van der Waals surface area (Å²) >= 11 is 7.55. The van der Waals surface area contributed by atoms with Crippen LogP contribution in [0.2, 0.25) is 5.02 Å². The van der Waals surface area contributed by atoms with Gasteiger partial charge in [-0.2, -0.15) is 5.10 Å². The highest BCUT2D eigenvalue weighted by Crippen LogP contribution is 2.27. The fourth-order valence-electron chi connectivity index (χ4n) is 3.41. The van der Waals surface area contributed by atoms with E-state index in [1.807, 2.05) is 27.1 Å². The van der Waals surface area contributed by atoms with Crippen LogP contribution in [0, 0.1) is 0 Å². The Hall–Kier alpha value is -2.84. The van der Waals surface area contributed by atoms with Crippen molar-refractivity contribution in [2.75, 3.05) is 23.7 Å². The van der Waals surface area contributed by atoms with Crippen LogP contribution in [0.1, 0.15) is 28.6 Å². The fourth-order valence-corrected chi connectivity index (χ4v) is 4.28. The Labute approximate surface area is 177 Å². The Morgan fingerprint density at radius 3 is 2.59 bits per heavy atom. The number of likely N-dealkylation sites (tertiary alicyclic amines) is 1. The van der Waals surface area contributed by atoms with E-state index in [0.29, 0.717) is 29.6 Å². The van der Waals surface area contributed by atoms with Crippen molar-refractivity contribution < 1.29 is 9.59 Å². The van der Waals surface area contributed by atoms with Gasteiger partial charge in [-0.1, -0.05) is 29.8 Å². The number of anilines is 2. The molecule has 0 aliphatic carbocycles. The summed E-state index contributed by atoms with van der Waals surface area (Å²) in [5.41, 5.74) is 0.540. The second-order valence-corrected chi connectivity index (χ2v) is 8.08. The van der Waals surface area contributed by atoms with Gasteiger partial charge >= 0.3 is 6.03 Å². The number of amides is 3. The summed E-state index contributed by atoms with van der Waals surface area (Å²) in [5, 5.41) is 12.3. The summed E-state index contributed by atoms with van der Waals surface area (Å²) in [6, 6.07) is 12.3. The number of piperidine rings is 1. The third-order valence-corrected chi connectivity index (χ3v) is 6.05. The first kappa shape index (κ1) is 19.5. The molecule has 150 valence electrons. The molecule has 0 spiro atoms. The van der Waals surface area contributed by atoms with Crippen molar-refractivity contribution in [1.29, 1.82) is 0 Å². The molecule has 9 heteroatoms. The monoisotopic (exact) mass is 429 g/mol. The molecule has 29 heavy (non-hydrogen) atoms. The van der Waals surface area contributed by atoms with Gasteiger partial charge in [-0.15, -0.1) is 11.3 Å². The predicted octanol–water partition coefficient (Wildman–Crippen LogP) is 4.72. The molecule has 3 amide bonds. The van der Waals surface area contributed by atoms with Crippen LogP contribution in [-0.2, 0) is 0 Å². The smallest absolute Gasteiger partial charge is 0.324 e. The number of aromatic nitrogens is 2. The van der Waals surface area contributed by atoms with Crippen molar-refractivity contribution in [2.45, 2.75) is 18.9 Å². The third kappa shape index (κ3) is 4.44. The zero-order chi connectivity index (χ0) is 20.2. The van der Waals surface area contributed by atoms with Crippen molar-refractivity contribution in [2.24, 2.45) is 0 Å². The molecule has 2 N–H and O–H groups in total. The lowest BCUT2D eigenvalue weighted by Gasteiger charge is -2.32. The molecule has 3 heterocycles. The van der Waals surface area contributed by atoms with E-state index in [-0.39, 0.29) is 18.0 Å². The predicted molar refractivity (Wildman–Crippen MR) is 115 cm³/mol. The van der Waals surface area contributed by atoms with E-state index in [2.05, 4.69) is 15.7 Å². The molecule has 0 atom stereocenters. The first-order valence-electron chi connectivity index (χ1n) is 9.30. The summed E-state index contributed by atoms with van der Waals surface area (Å²) in [5.74, 6) is 0.689. The molecular weight excluding hydrogens is 410 g/mol. The number of halogens is 1. The fraction of sp³-hybridized carbons (Fsp3) is 0.250. The van der Waals surface area contributed by atoms with Gasteiger partial charge in [0.2, 0.25) is 0 Å². The van der Waals surface area contributed by atoms with Gasteiger partial charge in [0.05, 0.1) is 27.8 Å². The highest BCUT2D eigenvalue weighted by atomic mass is 35.5. The Morgan fingerprint density at radius 1 is 1.07 bits per heavy atom. The topological polar surface area (TPSA) is 79.3 Å². The quantitative estimate of drug-likeness (QED) is 0.629. The van der Waals surface area contributed by atoms with Gasteiger partial charge in [-0.05, 0) is 36.4 Å². The van der Waals surface area contributed by atoms with Crippen LogP contribution in [0.3, 0.4) is 0 Å². The molecule has 4 rings (SSSR count). The Bertz CT molecular complexity index is 996. The van der Waals surface area contributed by atoms with Crippen molar-refractivity contribution in [3.8, 4) is 0 Å². The van der Waals surface area contributed by atoms with E-state index in [1.54, 1.807) is 36.5 Å². The van der Waals surface area contributed by atoms with Gasteiger partial charge in [-0.25, -0.2) is 9.48 Å². The van der Waals surface area contributed by atoms with Crippen molar-refractivity contribution in [3.63, 3.8) is 0 Å². The average Bonchev–Trinajstić information content (AvgIpc) is 3.42. The standard InChI is InChI=1S/C20H20ClN5O2S/c21-15-4-1-2-5-16(15)23-20(28)24-18-7-10-22-26(18)14-8-11-25(12-9-14)19(27)17-6-3-13-29-17/h1-7,10,13-14H,8-9,11-12H2,(H2,23,24,28). The summed E-state index contributed by atoms with van der Waals surface area (Å²) in [6.45, 7) is 1.32. The summed E-state index contributed by atoms with van der Waals surface area (Å²) in [6.07, 6.45) is 3.22. The number of hydrogen-bond acceptors (Lipinski definition) is 4. The zero-order valence-corrected chi connectivity index (χ0v) is 17.1. The molecule has 1 fully saturated rings. The van der Waals surface area contributed by atoms with Crippen LogP contribution in [-0.4, -0.2) is 39.7 Å². The maximum atomic E-state index is 12.5. The minimum atomic E-state index is -0.384. The molecule has 0 unspecified atom stereocenters. The molecule has 0 radical (unpaired) electrons. The number of nitrogens with zero attached hydrogens (tertiary/aromatic N) is 3. The summed E-state index contributed by atoms with van der Waals surface area (Å²) < 4.78 is 1.82. The highest BCUT2D eigenvalue weighted by molar-refractivity contribution is 7.12. The number of carbonyl (C=O) groups excluding carboxylic acids is 2. The molecule has 1 aliphatic rings. The van der Waals surface area contributed by atoms with E-state index >= 15 is 0 Å². The van der Waals surface area contributed by atoms with Gasteiger partial charge < -0.3 is 10.2 Å². The van der Waals surface area contributed by atoms with Gasteiger partial charge in [-0.3, -0.25) is 10.1 Å². The van der Waals surface area contributed by atoms with E-state index in [9.17, 15) is 9.59 Å². The second kappa shape index (κ2) is 8.67. The largest absolute Gasteiger partial charge is 0.338 e. The maximum absolute atomic E-state index is 12.5.